The van der Waals surface area contributed by atoms with Gasteiger partial charge in [-0.3, -0.25) is 4.79 Å². The Morgan fingerprint density at radius 3 is 2.69 bits per heavy atom. The van der Waals surface area contributed by atoms with Crippen molar-refractivity contribution in [3.8, 4) is 17.1 Å². The molecule has 5 rings (SSSR count). The second-order valence-corrected chi connectivity index (χ2v) is 7.69. The number of pyridine rings is 1. The first kappa shape index (κ1) is 20.0. The number of nitrogens with zero attached hydrogens (tertiary/aromatic N) is 5. The number of aryl methyl sites for hydroxylation is 1. The second-order valence-electron chi connectivity index (χ2n) is 7.69. The van der Waals surface area contributed by atoms with Crippen LogP contribution in [0.25, 0.3) is 22.3 Å². The predicted molar refractivity (Wildman–Crippen MR) is 120 cm³/mol. The molecule has 0 saturated carbocycles. The molecule has 1 fully saturated rings. The monoisotopic (exact) mass is 432 g/mol. The number of ether oxygens (including phenoxy) is 1. The summed E-state index contributed by atoms with van der Waals surface area (Å²) in [5.74, 6) is 2.80. The summed E-state index contributed by atoms with van der Waals surface area (Å²) in [6.07, 6.45) is 2.46. The molecule has 0 spiro atoms. The maximum Gasteiger partial charge on any atom is 0.270 e. The first-order valence-corrected chi connectivity index (χ1v) is 10.6. The lowest BCUT2D eigenvalue weighted by molar-refractivity contribution is 0.0741. The van der Waals surface area contributed by atoms with Gasteiger partial charge in [-0.2, -0.15) is 4.98 Å². The summed E-state index contributed by atoms with van der Waals surface area (Å²) < 4.78 is 10.4. The van der Waals surface area contributed by atoms with E-state index in [0.717, 1.165) is 28.0 Å². The number of aromatic nitrogens is 4. The maximum atomic E-state index is 13.0. The van der Waals surface area contributed by atoms with Crippen molar-refractivity contribution in [2.45, 2.75) is 13.3 Å². The van der Waals surface area contributed by atoms with Crippen LogP contribution in [0, 0.1) is 0 Å². The molecule has 0 unspecified atom stereocenters. The number of benzene rings is 1. The number of fused-ring (bicyclic) bond motifs is 1. The summed E-state index contributed by atoms with van der Waals surface area (Å²) in [5, 5.41) is 4.98. The minimum atomic E-state index is 0.00644. The Balaban J connectivity index is 1.23. The molecular weight excluding hydrogens is 408 g/mol. The zero-order valence-electron chi connectivity index (χ0n) is 18.0. The Hall–Kier alpha value is -3.88. The molecule has 1 N–H and O–H groups in total. The van der Waals surface area contributed by atoms with Crippen LogP contribution in [0.5, 0.6) is 5.75 Å². The standard InChI is InChI=1S/C23H24N6O3/c1-3-21-26-22(27-32-21)16-5-7-20(24-14-16)28-8-10-29(11-9-28)23(30)19-12-15-4-6-17(31-2)13-18(15)25-19/h4-7,12-14,25H,3,8-11H2,1-2H3. The molecule has 32 heavy (non-hydrogen) atoms. The third-order valence-corrected chi connectivity index (χ3v) is 5.73. The molecule has 0 atom stereocenters. The average Bonchev–Trinajstić information content (AvgIpc) is 3.50. The fourth-order valence-corrected chi connectivity index (χ4v) is 3.88. The Bertz CT molecular complexity index is 1240. The molecule has 3 aromatic heterocycles. The number of hydrogen-bond acceptors (Lipinski definition) is 7. The van der Waals surface area contributed by atoms with E-state index in [4.69, 9.17) is 9.26 Å². The van der Waals surface area contributed by atoms with Crippen molar-refractivity contribution < 1.29 is 14.1 Å². The van der Waals surface area contributed by atoms with Gasteiger partial charge in [0.15, 0.2) is 0 Å². The Kier molecular flexibility index (Phi) is 5.22. The fraction of sp³-hybridized carbons (Fsp3) is 0.304. The lowest BCUT2D eigenvalue weighted by Crippen LogP contribution is -2.49. The van der Waals surface area contributed by atoms with Crippen molar-refractivity contribution in [1.29, 1.82) is 0 Å². The van der Waals surface area contributed by atoms with Crippen molar-refractivity contribution in [3.63, 3.8) is 0 Å². The minimum absolute atomic E-state index is 0.00644. The van der Waals surface area contributed by atoms with Crippen LogP contribution in [0.15, 0.2) is 47.1 Å². The highest BCUT2D eigenvalue weighted by Gasteiger charge is 2.24. The molecular formula is C23H24N6O3. The van der Waals surface area contributed by atoms with Gasteiger partial charge in [-0.1, -0.05) is 12.1 Å². The summed E-state index contributed by atoms with van der Waals surface area (Å²) in [5.41, 5.74) is 2.31. The van der Waals surface area contributed by atoms with Gasteiger partial charge in [-0.25, -0.2) is 4.98 Å². The number of amides is 1. The third kappa shape index (κ3) is 3.77. The fourth-order valence-electron chi connectivity index (χ4n) is 3.88. The van der Waals surface area contributed by atoms with E-state index in [0.29, 0.717) is 50.0 Å². The Labute approximate surface area is 185 Å². The molecule has 1 aromatic carbocycles. The molecule has 1 saturated heterocycles. The normalized spacial score (nSPS) is 14.2. The van der Waals surface area contributed by atoms with Crippen LogP contribution in [-0.4, -0.2) is 64.2 Å². The summed E-state index contributed by atoms with van der Waals surface area (Å²) in [6.45, 7) is 4.66. The van der Waals surface area contributed by atoms with Crippen molar-refractivity contribution in [2.24, 2.45) is 0 Å². The first-order chi connectivity index (χ1) is 15.6. The maximum absolute atomic E-state index is 13.0. The van der Waals surface area contributed by atoms with Crippen LogP contribution >= 0.6 is 0 Å². The second kappa shape index (κ2) is 8.33. The van der Waals surface area contributed by atoms with Gasteiger partial charge in [-0.15, -0.1) is 0 Å². The third-order valence-electron chi connectivity index (χ3n) is 5.73. The molecule has 0 bridgehead atoms. The molecule has 0 radical (unpaired) electrons. The molecule has 9 heteroatoms. The van der Waals surface area contributed by atoms with Crippen molar-refractivity contribution in [1.82, 2.24) is 25.0 Å². The van der Waals surface area contributed by atoms with Gasteiger partial charge < -0.3 is 24.0 Å². The van der Waals surface area contributed by atoms with Gasteiger partial charge in [0.05, 0.1) is 7.11 Å². The molecule has 4 aromatic rings. The quantitative estimate of drug-likeness (QED) is 0.517. The Morgan fingerprint density at radius 2 is 2.00 bits per heavy atom. The van der Waals surface area contributed by atoms with Gasteiger partial charge in [0.2, 0.25) is 11.7 Å². The van der Waals surface area contributed by atoms with Gasteiger partial charge in [0.1, 0.15) is 17.3 Å². The van der Waals surface area contributed by atoms with E-state index in [9.17, 15) is 4.79 Å². The zero-order valence-corrected chi connectivity index (χ0v) is 18.0. The van der Waals surface area contributed by atoms with Crippen LogP contribution in [0.1, 0.15) is 23.3 Å². The highest BCUT2D eigenvalue weighted by molar-refractivity contribution is 5.98. The van der Waals surface area contributed by atoms with Crippen molar-refractivity contribution in [3.05, 3.63) is 54.2 Å². The molecule has 164 valence electrons. The van der Waals surface area contributed by atoms with Crippen LogP contribution in [0.4, 0.5) is 5.82 Å². The topological polar surface area (TPSA) is 100 Å². The lowest BCUT2D eigenvalue weighted by atomic mass is 10.2. The van der Waals surface area contributed by atoms with E-state index in [1.165, 1.54) is 0 Å². The number of aromatic amines is 1. The molecule has 0 aliphatic carbocycles. The number of rotatable bonds is 5. The number of carbonyl (C=O) groups excluding carboxylic acids is 1. The highest BCUT2D eigenvalue weighted by atomic mass is 16.5. The zero-order chi connectivity index (χ0) is 22.1. The summed E-state index contributed by atoms with van der Waals surface area (Å²) in [7, 11) is 1.63. The van der Waals surface area contributed by atoms with Crippen LogP contribution < -0.4 is 9.64 Å². The molecule has 1 amide bonds. The van der Waals surface area contributed by atoms with E-state index in [1.54, 1.807) is 13.3 Å². The number of anilines is 1. The van der Waals surface area contributed by atoms with Crippen LogP contribution in [-0.2, 0) is 6.42 Å². The van der Waals surface area contributed by atoms with E-state index in [-0.39, 0.29) is 5.91 Å². The minimum Gasteiger partial charge on any atom is -0.497 e. The van der Waals surface area contributed by atoms with Crippen LogP contribution in [0.2, 0.25) is 0 Å². The van der Waals surface area contributed by atoms with Crippen LogP contribution in [0.3, 0.4) is 0 Å². The number of hydrogen-bond donors (Lipinski definition) is 1. The van der Waals surface area contributed by atoms with Gasteiger partial charge in [-0.05, 0) is 30.3 Å². The lowest BCUT2D eigenvalue weighted by Gasteiger charge is -2.35. The summed E-state index contributed by atoms with van der Waals surface area (Å²) in [4.78, 5) is 29.2. The van der Waals surface area contributed by atoms with Gasteiger partial charge in [0, 0.05) is 61.3 Å². The van der Waals surface area contributed by atoms with Crippen molar-refractivity contribution >= 4 is 22.6 Å². The molecule has 1 aliphatic heterocycles. The summed E-state index contributed by atoms with van der Waals surface area (Å²) >= 11 is 0. The van der Waals surface area contributed by atoms with Gasteiger partial charge in [0.25, 0.3) is 5.91 Å². The average molecular weight is 432 g/mol. The smallest absolute Gasteiger partial charge is 0.270 e. The SMILES string of the molecule is CCc1nc(-c2ccc(N3CCN(C(=O)c4cc5ccc(OC)cc5[nH]4)CC3)nc2)no1. The van der Waals surface area contributed by atoms with E-state index in [1.807, 2.05) is 48.2 Å². The van der Waals surface area contributed by atoms with E-state index < -0.39 is 0 Å². The number of methoxy groups -OCH3 is 1. The van der Waals surface area contributed by atoms with E-state index in [2.05, 4.69) is 25.0 Å². The predicted octanol–water partition coefficient (Wildman–Crippen LogP) is 3.15. The number of piperazine rings is 1. The molecule has 4 heterocycles. The van der Waals surface area contributed by atoms with Gasteiger partial charge >= 0.3 is 0 Å². The highest BCUT2D eigenvalue weighted by Crippen LogP contribution is 2.23. The molecule has 1 aliphatic rings. The first-order valence-electron chi connectivity index (χ1n) is 10.6. The van der Waals surface area contributed by atoms with E-state index >= 15 is 0 Å². The Morgan fingerprint density at radius 1 is 1.16 bits per heavy atom. The number of nitrogens with one attached hydrogen (secondary N) is 1. The molecule has 9 nitrogen and oxygen atoms in total. The number of carbonyl (C=O) groups is 1. The number of H-pyrrole nitrogens is 1. The van der Waals surface area contributed by atoms with Crippen molar-refractivity contribution in [2.75, 3.05) is 38.2 Å². The largest absolute Gasteiger partial charge is 0.497 e. The summed E-state index contributed by atoms with van der Waals surface area (Å²) in [6, 6.07) is 11.5.